The van der Waals surface area contributed by atoms with E-state index in [1.165, 1.54) is 0 Å². The van der Waals surface area contributed by atoms with Crippen molar-refractivity contribution in [3.05, 3.63) is 34.3 Å². The molecule has 3 heteroatoms. The summed E-state index contributed by atoms with van der Waals surface area (Å²) in [5.74, 6) is -0.685. The summed E-state index contributed by atoms with van der Waals surface area (Å²) in [7, 11) is 0. The molecular weight excluding hydrogens is 242 g/mol. The molecule has 0 fully saturated rings. The number of hydrogen-bond acceptors (Lipinski definition) is 2. The van der Waals surface area contributed by atoms with Crippen molar-refractivity contribution in [3.63, 3.8) is 0 Å². The molecule has 0 saturated carbocycles. The Kier molecular flexibility index (Phi) is 3.84. The summed E-state index contributed by atoms with van der Waals surface area (Å²) in [6.45, 7) is 1.77. The van der Waals surface area contributed by atoms with Gasteiger partial charge < -0.3 is 0 Å². The van der Waals surface area contributed by atoms with Crippen LogP contribution in [0.2, 0.25) is 0 Å². The number of benzene rings is 1. The van der Waals surface area contributed by atoms with Gasteiger partial charge in [-0.05, 0) is 11.6 Å². The molecule has 1 atom stereocenters. The van der Waals surface area contributed by atoms with Gasteiger partial charge in [0, 0.05) is 10.9 Å². The number of carbonyl (C=O) groups excluding carboxylic acids is 1. The first-order valence-electron chi connectivity index (χ1n) is 4.37. The van der Waals surface area contributed by atoms with Crippen LogP contribution in [0.15, 0.2) is 28.7 Å². The minimum atomic E-state index is -0.643. The molecule has 14 heavy (non-hydrogen) atoms. The molecule has 0 aliphatic rings. The van der Waals surface area contributed by atoms with E-state index in [9.17, 15) is 4.79 Å². The zero-order valence-electron chi connectivity index (χ0n) is 7.83. The van der Waals surface area contributed by atoms with Gasteiger partial charge in [0.2, 0.25) is 0 Å². The van der Waals surface area contributed by atoms with Gasteiger partial charge >= 0.3 is 0 Å². The Bertz CT molecular complexity index is 381. The number of hydrogen-bond donors (Lipinski definition) is 0. The van der Waals surface area contributed by atoms with Gasteiger partial charge in [-0.2, -0.15) is 5.26 Å². The molecule has 0 saturated heterocycles. The molecule has 0 N–H and O–H groups in total. The Labute approximate surface area is 91.7 Å². The normalized spacial score (nSPS) is 11.8. The smallest absolute Gasteiger partial charge is 0.154 e. The molecule has 0 unspecified atom stereocenters. The van der Waals surface area contributed by atoms with Crippen molar-refractivity contribution >= 4 is 21.7 Å². The van der Waals surface area contributed by atoms with E-state index in [0.29, 0.717) is 6.42 Å². The summed E-state index contributed by atoms with van der Waals surface area (Å²) in [6.07, 6.45) is 0.388. The van der Waals surface area contributed by atoms with Crippen molar-refractivity contribution in [2.24, 2.45) is 0 Å². The van der Waals surface area contributed by atoms with Crippen LogP contribution in [0.1, 0.15) is 24.8 Å². The van der Waals surface area contributed by atoms with Crippen molar-refractivity contribution in [1.82, 2.24) is 0 Å². The van der Waals surface area contributed by atoms with E-state index in [1.54, 1.807) is 13.0 Å². The lowest BCUT2D eigenvalue weighted by atomic mass is 9.95. The fourth-order valence-corrected chi connectivity index (χ4v) is 1.74. The molecule has 0 aliphatic carbocycles. The van der Waals surface area contributed by atoms with Crippen LogP contribution in [0.4, 0.5) is 0 Å². The lowest BCUT2D eigenvalue weighted by Gasteiger charge is -2.08. The Morgan fingerprint density at radius 1 is 1.57 bits per heavy atom. The first-order chi connectivity index (χ1) is 6.70. The first kappa shape index (κ1) is 10.9. The molecule has 0 bridgehead atoms. The lowest BCUT2D eigenvalue weighted by molar-refractivity contribution is -0.119. The van der Waals surface area contributed by atoms with E-state index < -0.39 is 5.92 Å². The first-order valence-corrected chi connectivity index (χ1v) is 5.16. The molecule has 0 amide bonds. The van der Waals surface area contributed by atoms with Gasteiger partial charge in [0.25, 0.3) is 0 Å². The number of rotatable bonds is 3. The summed E-state index contributed by atoms with van der Waals surface area (Å²) in [5.41, 5.74) is 0.752. The van der Waals surface area contributed by atoms with E-state index in [-0.39, 0.29) is 5.78 Å². The summed E-state index contributed by atoms with van der Waals surface area (Å²) >= 11 is 3.33. The van der Waals surface area contributed by atoms with Gasteiger partial charge in [0.15, 0.2) is 5.78 Å². The van der Waals surface area contributed by atoms with Gasteiger partial charge in [0.05, 0.1) is 6.07 Å². The Hall–Kier alpha value is -1.14. The lowest BCUT2D eigenvalue weighted by Crippen LogP contribution is -2.09. The third kappa shape index (κ3) is 2.21. The summed E-state index contributed by atoms with van der Waals surface area (Å²) in [4.78, 5) is 11.5. The van der Waals surface area contributed by atoms with Crippen LogP contribution >= 0.6 is 15.9 Å². The average Bonchev–Trinajstić information content (AvgIpc) is 2.21. The summed E-state index contributed by atoms with van der Waals surface area (Å²) in [6, 6.07) is 9.35. The van der Waals surface area contributed by atoms with Gasteiger partial charge in [-0.3, -0.25) is 4.79 Å². The molecule has 0 aliphatic heterocycles. The number of halogens is 1. The van der Waals surface area contributed by atoms with Crippen LogP contribution in [0.5, 0.6) is 0 Å². The molecule has 72 valence electrons. The molecule has 1 rings (SSSR count). The SMILES string of the molecule is CCC(=O)[C@@H](C#N)c1ccccc1Br. The maximum Gasteiger partial charge on any atom is 0.154 e. The van der Waals surface area contributed by atoms with Crippen LogP contribution in [0.25, 0.3) is 0 Å². The van der Waals surface area contributed by atoms with Gasteiger partial charge in [0.1, 0.15) is 5.92 Å². The van der Waals surface area contributed by atoms with E-state index in [0.717, 1.165) is 10.0 Å². The van der Waals surface area contributed by atoms with Gasteiger partial charge in [-0.25, -0.2) is 0 Å². The minimum absolute atomic E-state index is 0.0422. The highest BCUT2D eigenvalue weighted by Gasteiger charge is 2.19. The third-order valence-electron chi connectivity index (χ3n) is 2.02. The fraction of sp³-hybridized carbons (Fsp3) is 0.273. The molecular formula is C11H10BrNO. The van der Waals surface area contributed by atoms with Crippen LogP contribution in [-0.4, -0.2) is 5.78 Å². The number of nitrogens with zero attached hydrogens (tertiary/aromatic N) is 1. The molecule has 0 heterocycles. The van der Waals surface area contributed by atoms with Crippen LogP contribution in [0, 0.1) is 11.3 Å². The van der Waals surface area contributed by atoms with Crippen molar-refractivity contribution in [2.45, 2.75) is 19.3 Å². The predicted molar refractivity (Wildman–Crippen MR) is 57.8 cm³/mol. The summed E-state index contributed by atoms with van der Waals surface area (Å²) < 4.78 is 0.813. The number of carbonyl (C=O) groups is 1. The van der Waals surface area contributed by atoms with E-state index in [1.807, 2.05) is 24.3 Å². The maximum absolute atomic E-state index is 11.5. The third-order valence-corrected chi connectivity index (χ3v) is 2.74. The quantitative estimate of drug-likeness (QED) is 0.829. The highest BCUT2D eigenvalue weighted by molar-refractivity contribution is 9.10. The highest BCUT2D eigenvalue weighted by Crippen LogP contribution is 2.25. The minimum Gasteiger partial charge on any atom is -0.298 e. The molecule has 0 spiro atoms. The van der Waals surface area contributed by atoms with Crippen molar-refractivity contribution < 1.29 is 4.79 Å². The topological polar surface area (TPSA) is 40.9 Å². The zero-order chi connectivity index (χ0) is 10.6. The second-order valence-corrected chi connectivity index (χ2v) is 3.76. The van der Waals surface area contributed by atoms with Crippen LogP contribution in [-0.2, 0) is 4.79 Å². The number of nitriles is 1. The van der Waals surface area contributed by atoms with E-state index >= 15 is 0 Å². The van der Waals surface area contributed by atoms with Gasteiger partial charge in [-0.1, -0.05) is 41.1 Å². The standard InChI is InChI=1S/C11H10BrNO/c1-2-11(14)9(7-13)8-5-3-4-6-10(8)12/h3-6,9H,2H2,1H3/t9-/m0/s1. The molecule has 0 radical (unpaired) electrons. The second kappa shape index (κ2) is 4.92. The van der Waals surface area contributed by atoms with E-state index in [2.05, 4.69) is 15.9 Å². The molecule has 0 aromatic heterocycles. The second-order valence-electron chi connectivity index (χ2n) is 2.90. The van der Waals surface area contributed by atoms with Crippen LogP contribution in [0.3, 0.4) is 0 Å². The maximum atomic E-state index is 11.5. The largest absolute Gasteiger partial charge is 0.298 e. The molecule has 1 aromatic carbocycles. The zero-order valence-corrected chi connectivity index (χ0v) is 9.41. The Balaban J connectivity index is 3.09. The Morgan fingerprint density at radius 2 is 2.21 bits per heavy atom. The molecule has 2 nitrogen and oxygen atoms in total. The van der Waals surface area contributed by atoms with Gasteiger partial charge in [-0.15, -0.1) is 0 Å². The average molecular weight is 252 g/mol. The van der Waals surface area contributed by atoms with Crippen molar-refractivity contribution in [3.8, 4) is 6.07 Å². The highest BCUT2D eigenvalue weighted by atomic mass is 79.9. The number of ketones is 1. The van der Waals surface area contributed by atoms with Crippen molar-refractivity contribution in [1.29, 1.82) is 5.26 Å². The Morgan fingerprint density at radius 3 is 2.71 bits per heavy atom. The van der Waals surface area contributed by atoms with Crippen molar-refractivity contribution in [2.75, 3.05) is 0 Å². The summed E-state index contributed by atoms with van der Waals surface area (Å²) in [5, 5.41) is 8.91. The van der Waals surface area contributed by atoms with E-state index in [4.69, 9.17) is 5.26 Å². The fourth-order valence-electron chi connectivity index (χ4n) is 1.23. The molecule has 1 aromatic rings. The van der Waals surface area contributed by atoms with Crippen LogP contribution < -0.4 is 0 Å². The monoisotopic (exact) mass is 251 g/mol. The predicted octanol–water partition coefficient (Wildman–Crippen LogP) is 3.04. The number of Topliss-reactive ketones (excluding diaryl/α,β-unsaturated/α-hetero) is 1.